The molecule has 1 aromatic rings. The van der Waals surface area contributed by atoms with Crippen LogP contribution in [0.1, 0.15) is 106 Å². The number of hydrogen-bond acceptors (Lipinski definition) is 8. The number of fused-ring (bicyclic) bond motifs is 1. The Hall–Kier alpha value is -1.48. The number of hydrogen-bond donors (Lipinski definition) is 4. The first kappa shape index (κ1) is 28.1. The van der Waals surface area contributed by atoms with Crippen LogP contribution >= 0.6 is 23.5 Å². The van der Waals surface area contributed by atoms with Gasteiger partial charge in [0.05, 0.1) is 32.6 Å². The SMILES string of the molecule is CCCCCCSc1c(O)c2c(c(O)c1SCCCCCC)C(=O)C1=C(C[C@@H](O)[C@@](C)(O)C1)C2=O. The van der Waals surface area contributed by atoms with Crippen LogP contribution in [0.25, 0.3) is 0 Å². The normalized spacial score (nSPS) is 21.9. The molecule has 6 nitrogen and oxygen atoms in total. The molecule has 0 aliphatic heterocycles. The number of phenolic OH excluding ortho intramolecular Hbond substituents is 2. The van der Waals surface area contributed by atoms with Crippen molar-refractivity contribution < 1.29 is 30.0 Å². The molecule has 2 atom stereocenters. The Kier molecular flexibility index (Phi) is 9.77. The highest BCUT2D eigenvalue weighted by Gasteiger charge is 2.47. The van der Waals surface area contributed by atoms with Gasteiger partial charge in [0, 0.05) is 24.0 Å². The number of benzene rings is 1. The average Bonchev–Trinajstić information content (AvgIpc) is 2.81. The second-order valence-electron chi connectivity index (χ2n) is 9.79. The number of aliphatic hydroxyl groups is 2. The summed E-state index contributed by atoms with van der Waals surface area (Å²) in [7, 11) is 0. The van der Waals surface area contributed by atoms with Crippen molar-refractivity contribution in [2.75, 3.05) is 11.5 Å². The molecule has 0 spiro atoms. The Morgan fingerprint density at radius 3 is 1.71 bits per heavy atom. The monoisotopic (exact) mass is 522 g/mol. The third-order valence-electron chi connectivity index (χ3n) is 6.87. The molecule has 8 heteroatoms. The van der Waals surface area contributed by atoms with E-state index in [0.29, 0.717) is 9.79 Å². The Bertz CT molecular complexity index is 998. The molecule has 0 radical (unpaired) electrons. The number of thioether (sulfide) groups is 2. The van der Waals surface area contributed by atoms with E-state index in [0.717, 1.165) is 62.9 Å². The maximum atomic E-state index is 13.5. The lowest BCUT2D eigenvalue weighted by molar-refractivity contribution is -0.0651. The maximum absolute atomic E-state index is 13.5. The molecule has 0 saturated heterocycles. The van der Waals surface area contributed by atoms with E-state index >= 15 is 0 Å². The lowest BCUT2D eigenvalue weighted by Crippen LogP contribution is -2.46. The quantitative estimate of drug-likeness (QED) is 0.150. The summed E-state index contributed by atoms with van der Waals surface area (Å²) in [6.45, 7) is 5.71. The van der Waals surface area contributed by atoms with Gasteiger partial charge in [-0.25, -0.2) is 0 Å². The summed E-state index contributed by atoms with van der Waals surface area (Å²) in [4.78, 5) is 27.8. The Balaban J connectivity index is 2.02. The molecule has 0 bridgehead atoms. The molecule has 3 rings (SSSR count). The van der Waals surface area contributed by atoms with Crippen molar-refractivity contribution >= 4 is 35.1 Å². The number of phenols is 2. The lowest BCUT2D eigenvalue weighted by atomic mass is 9.71. The van der Waals surface area contributed by atoms with Gasteiger partial charge in [0.2, 0.25) is 0 Å². The number of aliphatic hydroxyl groups excluding tert-OH is 1. The fourth-order valence-electron chi connectivity index (χ4n) is 4.66. The van der Waals surface area contributed by atoms with Crippen LogP contribution in [0.15, 0.2) is 20.9 Å². The fraction of sp³-hybridized carbons (Fsp3) is 0.630. The van der Waals surface area contributed by atoms with E-state index in [1.807, 2.05) is 0 Å². The number of aromatic hydroxyl groups is 2. The fourth-order valence-corrected chi connectivity index (χ4v) is 7.05. The minimum atomic E-state index is -1.55. The predicted octanol–water partition coefficient (Wildman–Crippen LogP) is 6.02. The molecule has 0 heterocycles. The topological polar surface area (TPSA) is 115 Å². The van der Waals surface area contributed by atoms with Crippen molar-refractivity contribution in [3.63, 3.8) is 0 Å². The van der Waals surface area contributed by atoms with Crippen LogP contribution in [0.2, 0.25) is 0 Å². The van der Waals surface area contributed by atoms with Gasteiger partial charge in [0.25, 0.3) is 0 Å². The highest BCUT2D eigenvalue weighted by atomic mass is 32.2. The number of carbonyl (C=O) groups excluding carboxylic acids is 2. The molecule has 2 aliphatic rings. The molecule has 194 valence electrons. The zero-order valence-electron chi connectivity index (χ0n) is 21.0. The lowest BCUT2D eigenvalue weighted by Gasteiger charge is -2.37. The molecule has 1 aromatic carbocycles. The van der Waals surface area contributed by atoms with E-state index in [2.05, 4.69) is 13.8 Å². The van der Waals surface area contributed by atoms with Crippen LogP contribution < -0.4 is 0 Å². The molecule has 0 fully saturated rings. The minimum absolute atomic E-state index is 0.117. The van der Waals surface area contributed by atoms with E-state index in [4.69, 9.17) is 0 Å². The number of rotatable bonds is 12. The number of Topliss-reactive ketones (excluding diaryl/α,β-unsaturated/α-hetero) is 2. The van der Waals surface area contributed by atoms with Crippen molar-refractivity contribution in [1.82, 2.24) is 0 Å². The first-order valence-electron chi connectivity index (χ1n) is 12.7. The summed E-state index contributed by atoms with van der Waals surface area (Å²) in [6.07, 6.45) is 6.94. The van der Waals surface area contributed by atoms with Crippen LogP contribution in [0.4, 0.5) is 0 Å². The van der Waals surface area contributed by atoms with Gasteiger partial charge in [-0.05, 0) is 31.3 Å². The van der Waals surface area contributed by atoms with Gasteiger partial charge in [0.1, 0.15) is 11.5 Å². The Morgan fingerprint density at radius 1 is 0.800 bits per heavy atom. The van der Waals surface area contributed by atoms with Crippen molar-refractivity contribution in [2.24, 2.45) is 0 Å². The molecule has 4 N–H and O–H groups in total. The highest BCUT2D eigenvalue weighted by Crippen LogP contribution is 2.52. The number of carbonyl (C=O) groups is 2. The second-order valence-corrected chi connectivity index (χ2v) is 12.0. The van der Waals surface area contributed by atoms with Gasteiger partial charge >= 0.3 is 0 Å². The molecule has 0 unspecified atom stereocenters. The first-order valence-corrected chi connectivity index (χ1v) is 14.7. The zero-order chi connectivity index (χ0) is 25.8. The molecule has 0 saturated carbocycles. The van der Waals surface area contributed by atoms with Crippen molar-refractivity contribution in [1.29, 1.82) is 0 Å². The smallest absolute Gasteiger partial charge is 0.194 e. The number of ketones is 2. The van der Waals surface area contributed by atoms with Crippen molar-refractivity contribution in [3.8, 4) is 11.5 Å². The molecule has 0 amide bonds. The van der Waals surface area contributed by atoms with E-state index in [1.54, 1.807) is 0 Å². The van der Waals surface area contributed by atoms with Crippen molar-refractivity contribution in [3.05, 3.63) is 22.3 Å². The highest BCUT2D eigenvalue weighted by molar-refractivity contribution is 8.02. The molecular weight excluding hydrogens is 484 g/mol. The molecule has 35 heavy (non-hydrogen) atoms. The van der Waals surface area contributed by atoms with Gasteiger partial charge < -0.3 is 20.4 Å². The number of unbranched alkanes of at least 4 members (excludes halogenated alkanes) is 6. The second kappa shape index (κ2) is 12.2. The first-order chi connectivity index (χ1) is 16.7. The van der Waals surface area contributed by atoms with Crippen LogP contribution in [0, 0.1) is 0 Å². The third-order valence-corrected chi connectivity index (χ3v) is 9.35. The van der Waals surface area contributed by atoms with Gasteiger partial charge in [0.15, 0.2) is 11.6 Å². The summed E-state index contributed by atoms with van der Waals surface area (Å²) < 4.78 is 0. The van der Waals surface area contributed by atoms with E-state index < -0.39 is 23.3 Å². The average molecular weight is 523 g/mol. The maximum Gasteiger partial charge on any atom is 0.194 e. The summed E-state index contributed by atoms with van der Waals surface area (Å²) in [5.74, 6) is -0.166. The molecular formula is C27H38O6S2. The summed E-state index contributed by atoms with van der Waals surface area (Å²) in [6, 6.07) is 0. The summed E-state index contributed by atoms with van der Waals surface area (Å²) >= 11 is 2.82. The van der Waals surface area contributed by atoms with Gasteiger partial charge in [-0.1, -0.05) is 52.4 Å². The Labute approximate surface area is 216 Å². The summed E-state index contributed by atoms with van der Waals surface area (Å²) in [5.41, 5.74) is -1.66. The van der Waals surface area contributed by atoms with Crippen LogP contribution in [0.5, 0.6) is 11.5 Å². The van der Waals surface area contributed by atoms with Gasteiger partial charge in [-0.3, -0.25) is 9.59 Å². The predicted molar refractivity (Wildman–Crippen MR) is 141 cm³/mol. The van der Waals surface area contributed by atoms with Crippen LogP contribution in [0.3, 0.4) is 0 Å². The van der Waals surface area contributed by atoms with Gasteiger partial charge in [-0.15, -0.1) is 23.5 Å². The third kappa shape index (κ3) is 5.92. The summed E-state index contributed by atoms with van der Waals surface area (Å²) in [5, 5.41) is 43.4. The Morgan fingerprint density at radius 2 is 1.26 bits per heavy atom. The standard InChI is InChI=1S/C27H38O6S2/c1-4-6-8-10-12-34-25-23(31)19-20(24(32)26(25)35-13-11-9-7-5-2)22(30)17-15-27(3,33)18(28)14-16(17)21(19)29/h18,28,31-33H,4-15H2,1-3H3/t18-,27+/m1/s1. The van der Waals surface area contributed by atoms with Crippen LogP contribution in [-0.4, -0.2) is 55.2 Å². The zero-order valence-corrected chi connectivity index (χ0v) is 22.6. The largest absolute Gasteiger partial charge is 0.506 e. The van der Waals surface area contributed by atoms with E-state index in [-0.39, 0.29) is 46.6 Å². The van der Waals surface area contributed by atoms with E-state index in [9.17, 15) is 30.0 Å². The van der Waals surface area contributed by atoms with Crippen molar-refractivity contribution in [2.45, 2.75) is 106 Å². The molecule has 2 aliphatic carbocycles. The minimum Gasteiger partial charge on any atom is -0.506 e. The van der Waals surface area contributed by atoms with Gasteiger partial charge in [-0.2, -0.15) is 0 Å². The van der Waals surface area contributed by atoms with Crippen LogP contribution in [-0.2, 0) is 0 Å². The van der Waals surface area contributed by atoms with E-state index in [1.165, 1.54) is 30.4 Å². The molecule has 0 aromatic heterocycles.